The molecule has 2 aromatic rings. The van der Waals surface area contributed by atoms with Gasteiger partial charge in [0.25, 0.3) is 0 Å². The largest absolute Gasteiger partial charge is 0.445 e. The van der Waals surface area contributed by atoms with E-state index in [2.05, 4.69) is 0 Å². The molecule has 5 heteroatoms. The normalized spacial score (nSPS) is 26.7. The maximum Gasteiger partial charge on any atom is 0.410 e. The maximum atomic E-state index is 13.5. The van der Waals surface area contributed by atoms with E-state index in [-0.39, 0.29) is 30.6 Å². The Bertz CT molecular complexity index is 812. The van der Waals surface area contributed by atoms with Crippen LogP contribution < -0.4 is 0 Å². The highest BCUT2D eigenvalue weighted by Crippen LogP contribution is 2.41. The highest BCUT2D eigenvalue weighted by Gasteiger charge is 2.47. The van der Waals surface area contributed by atoms with Crippen LogP contribution in [0.4, 0.5) is 9.18 Å². The molecular weight excluding hydrogens is 357 g/mol. The third-order valence-corrected chi connectivity index (χ3v) is 5.93. The van der Waals surface area contributed by atoms with Crippen LogP contribution in [0, 0.1) is 5.82 Å². The second-order valence-corrected chi connectivity index (χ2v) is 8.13. The number of amides is 1. The van der Waals surface area contributed by atoms with Gasteiger partial charge in [-0.1, -0.05) is 42.5 Å². The van der Waals surface area contributed by atoms with Gasteiger partial charge in [-0.05, 0) is 55.4 Å². The molecule has 2 saturated heterocycles. The molecule has 28 heavy (non-hydrogen) atoms. The summed E-state index contributed by atoms with van der Waals surface area (Å²) in [6, 6.07) is 16.0. The highest BCUT2D eigenvalue weighted by atomic mass is 19.1. The van der Waals surface area contributed by atoms with Crippen molar-refractivity contribution in [2.24, 2.45) is 0 Å². The van der Waals surface area contributed by atoms with Gasteiger partial charge >= 0.3 is 6.09 Å². The number of carbonyl (C=O) groups excluding carboxylic acids is 1. The number of hydrogen-bond donors (Lipinski definition) is 1. The Kier molecular flexibility index (Phi) is 5.36. The average Bonchev–Trinajstić information content (AvgIpc) is 2.66. The van der Waals surface area contributed by atoms with E-state index in [1.54, 1.807) is 6.07 Å². The smallest absolute Gasteiger partial charge is 0.410 e. The molecule has 0 radical (unpaired) electrons. The first-order valence-corrected chi connectivity index (χ1v) is 9.98. The first kappa shape index (κ1) is 18.9. The van der Waals surface area contributed by atoms with Gasteiger partial charge in [-0.3, -0.25) is 0 Å². The molecule has 2 bridgehead atoms. The molecule has 1 amide bonds. The number of piperidine rings is 2. The SMILES string of the molecule is O=C(OCc1ccccc1)N1C2CCCC1CC(O)(Cc1cccc(F)c1)C2. The van der Waals surface area contributed by atoms with E-state index in [9.17, 15) is 14.3 Å². The lowest BCUT2D eigenvalue weighted by molar-refractivity contribution is -0.0846. The number of nitrogens with zero attached hydrogens (tertiary/aromatic N) is 1. The van der Waals surface area contributed by atoms with E-state index in [4.69, 9.17) is 4.74 Å². The Balaban J connectivity index is 1.43. The van der Waals surface area contributed by atoms with Crippen LogP contribution in [-0.2, 0) is 17.8 Å². The highest BCUT2D eigenvalue weighted by molar-refractivity contribution is 5.69. The fraction of sp³-hybridized carbons (Fsp3) is 0.435. The van der Waals surface area contributed by atoms with E-state index in [0.717, 1.165) is 30.4 Å². The Hall–Kier alpha value is -2.40. The number of halogens is 1. The summed E-state index contributed by atoms with van der Waals surface area (Å²) >= 11 is 0. The summed E-state index contributed by atoms with van der Waals surface area (Å²) in [5.41, 5.74) is 0.834. The second-order valence-electron chi connectivity index (χ2n) is 8.13. The summed E-state index contributed by atoms with van der Waals surface area (Å²) < 4.78 is 19.1. The molecule has 2 heterocycles. The number of rotatable bonds is 4. The van der Waals surface area contributed by atoms with E-state index in [1.807, 2.05) is 41.3 Å². The van der Waals surface area contributed by atoms with Crippen molar-refractivity contribution < 1.29 is 19.0 Å². The molecule has 2 unspecified atom stereocenters. The molecule has 2 aromatic carbocycles. The minimum atomic E-state index is -0.917. The van der Waals surface area contributed by atoms with Crippen molar-refractivity contribution in [2.75, 3.05) is 0 Å². The summed E-state index contributed by atoms with van der Waals surface area (Å²) in [4.78, 5) is 14.6. The Morgan fingerprint density at radius 2 is 1.75 bits per heavy atom. The van der Waals surface area contributed by atoms with Crippen LogP contribution in [0.15, 0.2) is 54.6 Å². The lowest BCUT2D eigenvalue weighted by Gasteiger charge is -2.51. The van der Waals surface area contributed by atoms with Crippen molar-refractivity contribution in [1.29, 1.82) is 0 Å². The Morgan fingerprint density at radius 3 is 2.43 bits per heavy atom. The van der Waals surface area contributed by atoms with Crippen LogP contribution in [0.3, 0.4) is 0 Å². The van der Waals surface area contributed by atoms with Gasteiger partial charge in [-0.2, -0.15) is 0 Å². The monoisotopic (exact) mass is 383 g/mol. The van der Waals surface area contributed by atoms with Crippen LogP contribution in [0.1, 0.15) is 43.2 Å². The lowest BCUT2D eigenvalue weighted by Crippen LogP contribution is -2.60. The second kappa shape index (κ2) is 7.92. The predicted molar refractivity (Wildman–Crippen MR) is 104 cm³/mol. The number of fused-ring (bicyclic) bond motifs is 2. The van der Waals surface area contributed by atoms with E-state index in [1.165, 1.54) is 12.1 Å². The number of carbonyl (C=O) groups is 1. The van der Waals surface area contributed by atoms with Gasteiger partial charge in [-0.25, -0.2) is 9.18 Å². The van der Waals surface area contributed by atoms with Gasteiger partial charge in [0.1, 0.15) is 12.4 Å². The number of aliphatic hydroxyl groups is 1. The summed E-state index contributed by atoms with van der Waals surface area (Å²) in [5.74, 6) is -0.289. The molecule has 1 N–H and O–H groups in total. The summed E-state index contributed by atoms with van der Waals surface area (Å²) in [6.45, 7) is 0.253. The van der Waals surface area contributed by atoms with Gasteiger partial charge in [0.15, 0.2) is 0 Å². The van der Waals surface area contributed by atoms with Gasteiger partial charge in [0.2, 0.25) is 0 Å². The molecule has 4 rings (SSSR count). The molecule has 148 valence electrons. The topological polar surface area (TPSA) is 49.8 Å². The minimum absolute atomic E-state index is 0.0330. The van der Waals surface area contributed by atoms with E-state index >= 15 is 0 Å². The van der Waals surface area contributed by atoms with Crippen LogP contribution in [0.5, 0.6) is 0 Å². The molecule has 2 aliphatic heterocycles. The third kappa shape index (κ3) is 4.20. The summed E-state index contributed by atoms with van der Waals surface area (Å²) in [6.07, 6.45) is 3.89. The molecule has 2 atom stereocenters. The fourth-order valence-electron chi connectivity index (χ4n) is 4.79. The average molecular weight is 383 g/mol. The quantitative estimate of drug-likeness (QED) is 0.848. The van der Waals surface area contributed by atoms with Crippen LogP contribution in [-0.4, -0.2) is 33.8 Å². The summed E-state index contributed by atoms with van der Waals surface area (Å²) in [7, 11) is 0. The molecule has 4 nitrogen and oxygen atoms in total. The number of hydrogen-bond acceptors (Lipinski definition) is 3. The zero-order valence-corrected chi connectivity index (χ0v) is 15.9. The molecule has 2 aliphatic rings. The van der Waals surface area contributed by atoms with Gasteiger partial charge in [-0.15, -0.1) is 0 Å². The molecule has 2 fully saturated rings. The number of benzene rings is 2. The zero-order chi connectivity index (χ0) is 19.6. The first-order chi connectivity index (χ1) is 13.5. The predicted octanol–water partition coefficient (Wildman–Crippen LogP) is 4.45. The third-order valence-electron chi connectivity index (χ3n) is 5.93. The molecule has 0 aliphatic carbocycles. The first-order valence-electron chi connectivity index (χ1n) is 9.98. The fourth-order valence-corrected chi connectivity index (χ4v) is 4.79. The Labute approximate surface area is 164 Å². The van der Waals surface area contributed by atoms with Gasteiger partial charge in [0, 0.05) is 18.5 Å². The van der Waals surface area contributed by atoms with Crippen molar-refractivity contribution in [2.45, 2.75) is 62.8 Å². The van der Waals surface area contributed by atoms with Gasteiger partial charge in [0.05, 0.1) is 5.60 Å². The van der Waals surface area contributed by atoms with Crippen molar-refractivity contribution in [3.05, 3.63) is 71.5 Å². The van der Waals surface area contributed by atoms with Gasteiger partial charge < -0.3 is 14.7 Å². The molecule has 0 saturated carbocycles. The zero-order valence-electron chi connectivity index (χ0n) is 15.9. The molecular formula is C23H26FNO3. The van der Waals surface area contributed by atoms with Crippen molar-refractivity contribution in [1.82, 2.24) is 4.90 Å². The Morgan fingerprint density at radius 1 is 1.07 bits per heavy atom. The number of ether oxygens (including phenoxy) is 1. The van der Waals surface area contributed by atoms with Crippen molar-refractivity contribution in [3.8, 4) is 0 Å². The lowest BCUT2D eigenvalue weighted by atomic mass is 9.73. The van der Waals surface area contributed by atoms with Crippen LogP contribution >= 0.6 is 0 Å². The van der Waals surface area contributed by atoms with Crippen LogP contribution in [0.25, 0.3) is 0 Å². The van der Waals surface area contributed by atoms with E-state index in [0.29, 0.717) is 19.3 Å². The van der Waals surface area contributed by atoms with Crippen molar-refractivity contribution in [3.63, 3.8) is 0 Å². The van der Waals surface area contributed by atoms with E-state index < -0.39 is 5.60 Å². The van der Waals surface area contributed by atoms with Crippen LogP contribution in [0.2, 0.25) is 0 Å². The molecule has 0 aromatic heterocycles. The standard InChI is InChI=1S/C23H26FNO3/c24-19-9-4-8-18(12-19)13-23(27)14-20-10-5-11-21(15-23)25(20)22(26)28-16-17-6-2-1-3-7-17/h1-4,6-9,12,20-21,27H,5,10-11,13-16H2. The van der Waals surface area contributed by atoms with Crippen molar-refractivity contribution >= 4 is 6.09 Å². The summed E-state index contributed by atoms with van der Waals surface area (Å²) in [5, 5.41) is 11.2. The minimum Gasteiger partial charge on any atom is -0.445 e. The molecule has 0 spiro atoms. The maximum absolute atomic E-state index is 13.5.